The van der Waals surface area contributed by atoms with E-state index in [0.717, 1.165) is 44.5 Å². The number of fused-ring (bicyclic) bond motifs is 23. The zero-order valence-corrected chi connectivity index (χ0v) is 82.7. The van der Waals surface area contributed by atoms with E-state index in [4.69, 9.17) is 8.83 Å². The first-order valence-electron chi connectivity index (χ1n) is 45.9. The van der Waals surface area contributed by atoms with Crippen molar-refractivity contribution >= 4 is 223 Å². The molecule has 656 valence electrons. The molecule has 16 heteroatoms. The molecule has 0 atom stereocenters. The second-order valence-electron chi connectivity index (χ2n) is 36.3. The Balaban J connectivity index is 0.0000000988. The summed E-state index contributed by atoms with van der Waals surface area (Å²) >= 11 is 11.6. The summed E-state index contributed by atoms with van der Waals surface area (Å²) in [6.07, 6.45) is 4.34. The van der Waals surface area contributed by atoms with Gasteiger partial charge in [0, 0.05) is 61.9 Å². The SMILES string of the molecule is Cc1cc2c(cc1-c1n(-c3c(C)cccc3C)c3ccccc3[n+]1C)oc1c3ccccc3oc21.Cc1cc2c(cc1-c1n(-c3c(C)cccc3C)c3ccccc3[n+]1C)sc1sc3ccccc3c12.Cc1cccc(C)c1-n1c(-c2c(C)ccc3c2sc2c4ccccc4sc32)[n+](C)c2ccccc21.Cc1ccccc1-n1cc[n+](C)c1-c1c(C)ccc2c1sc1sc3ccccc3c12. The molecule has 27 aromatic rings. The zero-order chi connectivity index (χ0) is 91.9. The van der Waals surface area contributed by atoms with Crippen molar-refractivity contribution in [1.82, 2.24) is 18.3 Å². The average molecular weight is 1860 g/mol. The van der Waals surface area contributed by atoms with Crippen LogP contribution >= 0.6 is 68.0 Å². The lowest BCUT2D eigenvalue weighted by atomic mass is 10.0. The Kier molecular flexibility index (Phi) is 20.2. The van der Waals surface area contributed by atoms with Crippen LogP contribution < -0.4 is 18.3 Å². The van der Waals surface area contributed by atoms with E-state index < -0.39 is 0 Å². The van der Waals surface area contributed by atoms with Crippen molar-refractivity contribution in [2.75, 3.05) is 0 Å². The van der Waals surface area contributed by atoms with E-state index in [2.05, 4.69) is 432 Å². The zero-order valence-electron chi connectivity index (χ0n) is 77.8. The van der Waals surface area contributed by atoms with E-state index in [1.54, 1.807) is 0 Å². The van der Waals surface area contributed by atoms with Crippen LogP contribution in [0.2, 0.25) is 0 Å². The molecule has 10 nitrogen and oxygen atoms in total. The third kappa shape index (κ3) is 13.2. The summed E-state index contributed by atoms with van der Waals surface area (Å²) in [5.74, 6) is 4.82. The molecular weight excluding hydrogens is 1770 g/mol. The van der Waals surface area contributed by atoms with Gasteiger partial charge in [0.05, 0.1) is 88.0 Å². The minimum absolute atomic E-state index is 0.812. The fourth-order valence-electron chi connectivity index (χ4n) is 21.4. The Morgan fingerprint density at radius 3 is 1.22 bits per heavy atom. The maximum atomic E-state index is 6.42. The Morgan fingerprint density at radius 1 is 0.259 bits per heavy atom. The van der Waals surface area contributed by atoms with Crippen molar-refractivity contribution in [2.45, 2.75) is 76.2 Å². The first-order chi connectivity index (χ1) is 65.7. The largest absolute Gasteiger partial charge is 0.452 e. The molecule has 0 unspecified atom stereocenters. The van der Waals surface area contributed by atoms with Crippen LogP contribution in [0.1, 0.15) is 61.2 Å². The number of nitrogens with zero attached hydrogens (tertiary/aromatic N) is 8. The van der Waals surface area contributed by atoms with Crippen molar-refractivity contribution in [3.05, 3.63) is 371 Å². The van der Waals surface area contributed by atoms with Gasteiger partial charge in [-0.05, 0) is 234 Å². The van der Waals surface area contributed by atoms with Crippen LogP contribution in [0.15, 0.2) is 318 Å². The van der Waals surface area contributed by atoms with E-state index in [9.17, 15) is 0 Å². The normalized spacial score (nSPS) is 12.0. The van der Waals surface area contributed by atoms with Gasteiger partial charge in [0.2, 0.25) is 0 Å². The van der Waals surface area contributed by atoms with Gasteiger partial charge in [-0.25, -0.2) is 18.3 Å². The van der Waals surface area contributed by atoms with E-state index in [1.165, 1.54) is 240 Å². The van der Waals surface area contributed by atoms with E-state index in [1.807, 2.05) is 86.2 Å². The predicted molar refractivity (Wildman–Crippen MR) is 576 cm³/mol. The molecule has 0 saturated heterocycles. The highest BCUT2D eigenvalue weighted by atomic mass is 32.2. The molecule has 0 fully saturated rings. The van der Waals surface area contributed by atoms with Gasteiger partial charge >= 0.3 is 0 Å². The summed E-state index contributed by atoms with van der Waals surface area (Å²) in [6, 6.07) is 107. The monoisotopic (exact) mass is 1860 g/mol. The summed E-state index contributed by atoms with van der Waals surface area (Å²) in [5.41, 5.74) is 34.7. The molecule has 0 aliphatic heterocycles. The second-order valence-corrected chi connectivity index (χ2v) is 43.0. The summed E-state index contributed by atoms with van der Waals surface area (Å²) in [4.78, 5) is 0. The van der Waals surface area contributed by atoms with Gasteiger partial charge in [-0.15, -0.1) is 68.0 Å². The van der Waals surface area contributed by atoms with Gasteiger partial charge in [-0.1, -0.05) is 200 Å². The molecule has 0 radical (unpaired) electrons. The van der Waals surface area contributed by atoms with Crippen LogP contribution in [0, 0.1) is 76.2 Å². The first kappa shape index (κ1) is 83.8. The molecule has 0 aliphatic rings. The average Bonchev–Trinajstić information content (AvgIpc) is 1.57. The summed E-state index contributed by atoms with van der Waals surface area (Å²) in [5, 5.41) is 13.1. The minimum Gasteiger partial charge on any atom is -0.452 e. The summed E-state index contributed by atoms with van der Waals surface area (Å²) in [7, 11) is 8.71. The molecule has 12 heterocycles. The van der Waals surface area contributed by atoms with Crippen LogP contribution in [-0.2, 0) is 28.2 Å². The second kappa shape index (κ2) is 32.6. The number of hydrogen-bond donors (Lipinski definition) is 0. The van der Waals surface area contributed by atoms with Gasteiger partial charge in [-0.3, -0.25) is 0 Å². The van der Waals surface area contributed by atoms with E-state index in [-0.39, 0.29) is 0 Å². The van der Waals surface area contributed by atoms with E-state index >= 15 is 0 Å². The highest BCUT2D eigenvalue weighted by Crippen LogP contribution is 2.53. The molecule has 135 heavy (non-hydrogen) atoms. The number of benzene rings is 15. The minimum atomic E-state index is 0.812. The Bertz CT molecular complexity index is 9410. The molecule has 15 aromatic carbocycles. The molecule has 27 rings (SSSR count). The number of rotatable bonds is 8. The van der Waals surface area contributed by atoms with Gasteiger partial charge in [0.15, 0.2) is 44.3 Å². The van der Waals surface area contributed by atoms with Gasteiger partial charge in [0.1, 0.15) is 46.3 Å². The summed E-state index contributed by atoms with van der Waals surface area (Å²) in [6.45, 7) is 24.4. The molecule has 0 saturated carbocycles. The van der Waals surface area contributed by atoms with Crippen LogP contribution in [-0.4, -0.2) is 18.3 Å². The van der Waals surface area contributed by atoms with Crippen molar-refractivity contribution in [1.29, 1.82) is 0 Å². The fraction of sp³-hybridized carbons (Fsp3) is 0.126. The number of thiophene rings is 6. The Labute approximate surface area is 805 Å². The maximum absolute atomic E-state index is 6.42. The topological polar surface area (TPSA) is 61.5 Å². The van der Waals surface area contributed by atoms with Crippen molar-refractivity contribution in [3.8, 4) is 68.3 Å². The molecule has 12 aromatic heterocycles. The highest BCUT2D eigenvalue weighted by Gasteiger charge is 2.36. The van der Waals surface area contributed by atoms with Crippen LogP contribution in [0.4, 0.5) is 0 Å². The van der Waals surface area contributed by atoms with Gasteiger partial charge in [-0.2, -0.15) is 18.3 Å². The van der Waals surface area contributed by atoms with Crippen LogP contribution in [0.25, 0.3) is 223 Å². The van der Waals surface area contributed by atoms with Crippen molar-refractivity contribution in [2.24, 2.45) is 28.2 Å². The van der Waals surface area contributed by atoms with Crippen molar-refractivity contribution < 1.29 is 27.1 Å². The molecule has 0 aliphatic carbocycles. The third-order valence-corrected chi connectivity index (χ3v) is 35.3. The maximum Gasteiger partial charge on any atom is 0.296 e. The van der Waals surface area contributed by atoms with Crippen LogP contribution in [0.3, 0.4) is 0 Å². The standard InChI is InChI=1S/C31H25N2O2.2C31H25N2S2.C26H21N2S2/c1-18-10-9-11-19(2)28(18)33-25-14-7-6-13-24(25)32(4)31(33)22-17-27-23(16-20(22)3)30-29(35-27)21-12-5-8-15-26(21)34-30;1-18-10-9-11-19(2)29(18)33-25-14-7-6-13-24(25)32(4)30(33)22-17-27-23(16-20(22)3)28-21-12-5-8-15-26(21)34-31(28)35-27;1-18-16-17-22-28(35-29-21-12-5-8-15-25(21)34-30(22)29)26(18)31-32(4)23-13-6-7-14-24(23)33(31)27-19(2)10-9-11-20(27)3;1-16-8-4-6-10-20(16)28-15-14-27(3)25(28)22-17(2)12-13-19-23-18-9-5-7-11-21(18)29-26(23)30-24(19)22/h3*5-17H,1-4H3;4-15H,1-3H3/q4*+1. The number of imidazole rings is 4. The number of aromatic nitrogens is 8. The van der Waals surface area contributed by atoms with Crippen LogP contribution in [0.5, 0.6) is 0 Å². The van der Waals surface area contributed by atoms with Gasteiger partial charge in [0.25, 0.3) is 23.3 Å². The molecule has 0 N–H and O–H groups in total. The summed E-state index contributed by atoms with van der Waals surface area (Å²) < 4.78 is 45.5. The first-order valence-corrected chi connectivity index (χ1v) is 50.8. The van der Waals surface area contributed by atoms with E-state index in [0.29, 0.717) is 0 Å². The number of hydrogen-bond acceptors (Lipinski definition) is 8. The third-order valence-electron chi connectivity index (χ3n) is 27.8. The molecule has 0 bridgehead atoms. The number of aryl methyl sites for hydroxylation is 15. The quantitative estimate of drug-likeness (QED) is 0.142. The smallest absolute Gasteiger partial charge is 0.296 e. The highest BCUT2D eigenvalue weighted by molar-refractivity contribution is 7.45. The van der Waals surface area contributed by atoms with Crippen molar-refractivity contribution in [3.63, 3.8) is 0 Å². The molecule has 0 spiro atoms. The number of para-hydroxylation sites is 11. The lowest BCUT2D eigenvalue weighted by Gasteiger charge is -2.11. The predicted octanol–water partition coefficient (Wildman–Crippen LogP) is 32.1. The number of furan rings is 2. The Hall–Kier alpha value is -14.2. The Morgan fingerprint density at radius 2 is 0.659 bits per heavy atom. The lowest BCUT2D eigenvalue weighted by molar-refractivity contribution is -0.659. The lowest BCUT2D eigenvalue weighted by Crippen LogP contribution is -2.30. The van der Waals surface area contributed by atoms with Gasteiger partial charge < -0.3 is 8.83 Å². The fourth-order valence-corrected chi connectivity index (χ4v) is 29.6. The molecule has 0 amide bonds. The molecular formula is C119H96N8O2S6+4.